The van der Waals surface area contributed by atoms with Crippen molar-refractivity contribution in [1.82, 2.24) is 0 Å². The first-order chi connectivity index (χ1) is 33.2. The molecule has 368 valence electrons. The highest BCUT2D eigenvalue weighted by Crippen LogP contribution is 2.34. The summed E-state index contributed by atoms with van der Waals surface area (Å²) in [6, 6.07) is 19.1. The van der Waals surface area contributed by atoms with E-state index in [2.05, 4.69) is 13.2 Å². The lowest BCUT2D eigenvalue weighted by molar-refractivity contribution is -0.218. The van der Waals surface area contributed by atoms with Gasteiger partial charge in [0.15, 0.2) is 12.0 Å². The van der Waals surface area contributed by atoms with Gasteiger partial charge in [-0.15, -0.1) is 0 Å². The van der Waals surface area contributed by atoms with Crippen molar-refractivity contribution in [2.45, 2.75) is 109 Å². The largest absolute Gasteiger partial charge is 0.494 e. The minimum atomic E-state index is -0.403. The number of aldehydes is 1. The Labute approximate surface area is 399 Å². The van der Waals surface area contributed by atoms with E-state index < -0.39 is 11.9 Å². The zero-order chi connectivity index (χ0) is 48.8. The normalized spacial score (nSPS) is 17.4. The van der Waals surface area contributed by atoms with Gasteiger partial charge in [-0.2, -0.15) is 4.89 Å². The zero-order valence-electron chi connectivity index (χ0n) is 39.0. The number of hydrogen-bond donors (Lipinski definition) is 0. The molecule has 2 fully saturated rings. The summed E-state index contributed by atoms with van der Waals surface area (Å²) < 4.78 is 39.1. The molecular weight excluding hydrogens is 877 g/mol. The lowest BCUT2D eigenvalue weighted by Gasteiger charge is -2.28. The van der Waals surface area contributed by atoms with Crippen molar-refractivity contribution >= 4 is 37.0 Å². The van der Waals surface area contributed by atoms with E-state index in [1.807, 2.05) is 18.9 Å². The van der Waals surface area contributed by atoms with E-state index in [4.69, 9.17) is 47.7 Å². The standard InChI is InChI=1S/C52H64O14.CH2O/c1-3-49(54)60-33-11-7-5-9-31-58-42-21-25-45(26-22-42)64-51(56)40-17-19-44(20-18-40)63-48-30-29-47(35-41(48)36-53)65-52(57)39-15-13-38(14-16-39)37-62-66-46-27-23-43(24-28-46)59-32-10-6-8-12-34-61-50(55)4-2;1-2/h3-4,21-30,35-36,38-40,44H,1-2,5-20,31-34,37H2;1H2. The van der Waals surface area contributed by atoms with Crippen molar-refractivity contribution in [3.63, 3.8) is 0 Å². The lowest BCUT2D eigenvalue weighted by Crippen LogP contribution is -2.30. The van der Waals surface area contributed by atoms with Gasteiger partial charge in [-0.3, -0.25) is 14.4 Å². The van der Waals surface area contributed by atoms with Gasteiger partial charge in [-0.05, 0) is 175 Å². The van der Waals surface area contributed by atoms with Crippen LogP contribution < -0.4 is 28.6 Å². The van der Waals surface area contributed by atoms with Gasteiger partial charge < -0.3 is 42.8 Å². The third-order valence-electron chi connectivity index (χ3n) is 11.6. The molecule has 0 heterocycles. The van der Waals surface area contributed by atoms with Crippen LogP contribution in [0.1, 0.15) is 113 Å². The minimum absolute atomic E-state index is 0.181. The van der Waals surface area contributed by atoms with E-state index in [0.29, 0.717) is 101 Å². The average molecular weight is 943 g/mol. The average Bonchev–Trinajstić information content (AvgIpc) is 3.37. The van der Waals surface area contributed by atoms with Crippen LogP contribution in [0.3, 0.4) is 0 Å². The number of ether oxygens (including phenoxy) is 7. The number of rotatable bonds is 29. The Morgan fingerprint density at radius 3 is 1.47 bits per heavy atom. The molecule has 0 N–H and O–H groups in total. The van der Waals surface area contributed by atoms with Crippen LogP contribution in [0.5, 0.6) is 34.5 Å². The molecule has 3 aromatic carbocycles. The molecule has 68 heavy (non-hydrogen) atoms. The molecule has 15 nitrogen and oxygen atoms in total. The van der Waals surface area contributed by atoms with Gasteiger partial charge in [0.25, 0.3) is 0 Å². The van der Waals surface area contributed by atoms with Crippen molar-refractivity contribution in [3.8, 4) is 34.5 Å². The van der Waals surface area contributed by atoms with E-state index in [9.17, 15) is 24.0 Å². The highest BCUT2D eigenvalue weighted by Gasteiger charge is 2.30. The predicted octanol–water partition coefficient (Wildman–Crippen LogP) is 9.92. The Morgan fingerprint density at radius 1 is 0.529 bits per heavy atom. The first-order valence-electron chi connectivity index (χ1n) is 23.5. The second kappa shape index (κ2) is 31.5. The predicted molar refractivity (Wildman–Crippen MR) is 252 cm³/mol. The van der Waals surface area contributed by atoms with Crippen molar-refractivity contribution in [2.75, 3.05) is 33.0 Å². The molecule has 0 amide bonds. The molecule has 0 spiro atoms. The Morgan fingerprint density at radius 2 is 0.971 bits per heavy atom. The maximum atomic E-state index is 13.1. The third kappa shape index (κ3) is 20.2. The Kier molecular flexibility index (Phi) is 25.1. The van der Waals surface area contributed by atoms with Crippen LogP contribution in [-0.2, 0) is 38.3 Å². The maximum Gasteiger partial charge on any atom is 0.330 e. The summed E-state index contributed by atoms with van der Waals surface area (Å²) >= 11 is 0. The topological polar surface area (TPSA) is 185 Å². The van der Waals surface area contributed by atoms with Crippen molar-refractivity contribution < 1.29 is 71.7 Å². The molecule has 0 atom stereocenters. The molecular formula is C53H66O15. The second-order valence-electron chi connectivity index (χ2n) is 16.5. The monoisotopic (exact) mass is 942 g/mol. The molecule has 0 aromatic heterocycles. The highest BCUT2D eigenvalue weighted by atomic mass is 17.2. The first kappa shape index (κ1) is 54.1. The lowest BCUT2D eigenvalue weighted by atomic mass is 9.82. The molecule has 15 heteroatoms. The van der Waals surface area contributed by atoms with Crippen LogP contribution in [0.25, 0.3) is 0 Å². The van der Waals surface area contributed by atoms with Crippen LogP contribution >= 0.6 is 0 Å². The van der Waals surface area contributed by atoms with Crippen LogP contribution in [0.15, 0.2) is 92.0 Å². The van der Waals surface area contributed by atoms with Gasteiger partial charge >= 0.3 is 23.9 Å². The van der Waals surface area contributed by atoms with Gasteiger partial charge in [0.05, 0.1) is 56.5 Å². The fraction of sp³-hybridized carbons (Fsp3) is 0.472. The Hall–Kier alpha value is -6.48. The first-order valence-corrected chi connectivity index (χ1v) is 23.5. The second-order valence-corrected chi connectivity index (χ2v) is 16.5. The summed E-state index contributed by atoms with van der Waals surface area (Å²) in [6.07, 6.45) is 15.3. The molecule has 0 aliphatic heterocycles. The molecule has 5 rings (SSSR count). The summed E-state index contributed by atoms with van der Waals surface area (Å²) in [5.74, 6) is 1.45. The summed E-state index contributed by atoms with van der Waals surface area (Å²) in [5.41, 5.74) is 0.287. The summed E-state index contributed by atoms with van der Waals surface area (Å²) in [5, 5.41) is 0. The third-order valence-corrected chi connectivity index (χ3v) is 11.6. The molecule has 2 aliphatic rings. The molecule has 0 bridgehead atoms. The quantitative estimate of drug-likeness (QED) is 0.0122. The number of benzene rings is 3. The zero-order valence-corrected chi connectivity index (χ0v) is 39.0. The van der Waals surface area contributed by atoms with Gasteiger partial charge in [-0.1, -0.05) is 13.2 Å². The van der Waals surface area contributed by atoms with Gasteiger partial charge in [0.1, 0.15) is 35.5 Å². The SMILES string of the molecule is C=CC(=O)OCCCCCCOc1ccc(OOCC2CCC(C(=O)Oc3ccc(OC4CCC(C(=O)Oc5ccc(OCCCCCCOC(=O)C=C)cc5)CC4)c(C=O)c3)CC2)cc1.C=O. The van der Waals surface area contributed by atoms with Crippen LogP contribution in [0, 0.1) is 17.8 Å². The van der Waals surface area contributed by atoms with Crippen molar-refractivity contribution in [2.24, 2.45) is 17.8 Å². The maximum absolute atomic E-state index is 13.1. The van der Waals surface area contributed by atoms with E-state index >= 15 is 0 Å². The number of unbranched alkanes of at least 4 members (excludes halogenated alkanes) is 6. The van der Waals surface area contributed by atoms with Gasteiger partial charge in [0.2, 0.25) is 0 Å². The molecule has 2 saturated carbocycles. The molecule has 3 aromatic rings. The van der Waals surface area contributed by atoms with E-state index in [-0.39, 0.29) is 47.1 Å². The molecule has 0 saturated heterocycles. The Bertz CT molecular complexity index is 2000. The van der Waals surface area contributed by atoms with Crippen LogP contribution in [-0.4, -0.2) is 76.1 Å². The summed E-state index contributed by atoms with van der Waals surface area (Å²) in [6.45, 7) is 11.1. The highest BCUT2D eigenvalue weighted by molar-refractivity contribution is 5.82. The Balaban J connectivity index is 0.00000497. The fourth-order valence-corrected chi connectivity index (χ4v) is 7.70. The van der Waals surface area contributed by atoms with Gasteiger partial charge in [0, 0.05) is 12.2 Å². The smallest absolute Gasteiger partial charge is 0.330 e. The van der Waals surface area contributed by atoms with Crippen LogP contribution in [0.4, 0.5) is 0 Å². The van der Waals surface area contributed by atoms with E-state index in [0.717, 1.165) is 76.0 Å². The fourth-order valence-electron chi connectivity index (χ4n) is 7.70. The van der Waals surface area contributed by atoms with Gasteiger partial charge in [-0.25, -0.2) is 9.59 Å². The molecule has 2 aliphatic carbocycles. The van der Waals surface area contributed by atoms with Crippen LogP contribution in [0.2, 0.25) is 0 Å². The minimum Gasteiger partial charge on any atom is -0.494 e. The molecule has 0 unspecified atom stereocenters. The van der Waals surface area contributed by atoms with Crippen molar-refractivity contribution in [1.29, 1.82) is 0 Å². The summed E-state index contributed by atoms with van der Waals surface area (Å²) in [7, 11) is 0. The number of esters is 4. The summed E-state index contributed by atoms with van der Waals surface area (Å²) in [4.78, 5) is 79.3. The van der Waals surface area contributed by atoms with E-state index in [1.165, 1.54) is 12.1 Å². The van der Waals surface area contributed by atoms with Crippen molar-refractivity contribution in [3.05, 3.63) is 97.6 Å². The number of carbonyl (C=O) groups is 6. The number of hydrogen-bond acceptors (Lipinski definition) is 15. The van der Waals surface area contributed by atoms with E-state index in [1.54, 1.807) is 48.5 Å². The molecule has 0 radical (unpaired) electrons. The number of carbonyl (C=O) groups excluding carboxylic acids is 6.